The van der Waals surface area contributed by atoms with Gasteiger partial charge in [0.1, 0.15) is 41.5 Å². The fourth-order valence-electron chi connectivity index (χ4n) is 9.43. The van der Waals surface area contributed by atoms with E-state index in [1.165, 1.54) is 13.8 Å². The molecule has 1 N–H and O–H groups in total. The summed E-state index contributed by atoms with van der Waals surface area (Å²) >= 11 is 0. The van der Waals surface area contributed by atoms with Crippen LogP contribution < -0.4 is 10.4 Å². The standard InChI is InChI=1S/C40H41NO10/c1-22(42)47-21-39(4)30-19-32(50-36(45)27-14-8-11-24-10-6-7-13-26(24)27)40(5)35(38(30,3)16-15-31(39)48-23(2)43)34(44)33-29(51-40)18-28(49-37(33)46)25-12-9-17-41-20-25/h6-14,17-18,20,30-32,34-35,44H,15-16,19,21H2,1-5H3/t30?,31-,32-,34-,35?,38-,39?,40+/m0/s1. The summed E-state index contributed by atoms with van der Waals surface area (Å²) in [6.07, 6.45) is 1.22. The second-order valence-corrected chi connectivity index (χ2v) is 14.8. The molecular formula is C40H41NO10. The summed E-state index contributed by atoms with van der Waals surface area (Å²) in [5.41, 5.74) is -3.00. The van der Waals surface area contributed by atoms with Crippen molar-refractivity contribution in [2.45, 2.75) is 77.8 Å². The first-order chi connectivity index (χ1) is 24.3. The van der Waals surface area contributed by atoms with E-state index in [1.54, 1.807) is 42.7 Å². The number of pyridine rings is 1. The maximum Gasteiger partial charge on any atom is 0.345 e. The van der Waals surface area contributed by atoms with Crippen LogP contribution in [0.15, 0.2) is 82.3 Å². The first kappa shape index (κ1) is 34.4. The van der Waals surface area contributed by atoms with Crippen LogP contribution in [-0.4, -0.2) is 52.4 Å². The second-order valence-electron chi connectivity index (χ2n) is 14.8. The summed E-state index contributed by atoms with van der Waals surface area (Å²) in [5.74, 6) is -2.49. The Bertz CT molecular complexity index is 2070. The summed E-state index contributed by atoms with van der Waals surface area (Å²) in [5, 5.41) is 14.0. The minimum absolute atomic E-state index is 0.0325. The number of hydrogen-bond donors (Lipinski definition) is 1. The molecule has 3 heterocycles. The highest BCUT2D eigenvalue weighted by atomic mass is 16.6. The quantitative estimate of drug-likeness (QED) is 0.181. The molecule has 1 aliphatic heterocycles. The van der Waals surface area contributed by atoms with Crippen molar-refractivity contribution in [1.29, 1.82) is 0 Å². The molecule has 2 aromatic heterocycles. The third-order valence-electron chi connectivity index (χ3n) is 11.7. The molecule has 2 aliphatic carbocycles. The third-order valence-corrected chi connectivity index (χ3v) is 11.7. The van der Waals surface area contributed by atoms with E-state index in [9.17, 15) is 24.3 Å². The van der Waals surface area contributed by atoms with Gasteiger partial charge in [-0.05, 0) is 66.5 Å². The molecule has 2 fully saturated rings. The van der Waals surface area contributed by atoms with E-state index in [4.69, 9.17) is 23.4 Å². The lowest BCUT2D eigenvalue weighted by Gasteiger charge is -2.66. The lowest BCUT2D eigenvalue weighted by atomic mass is 9.42. The minimum atomic E-state index is -1.40. The maximum atomic E-state index is 14.2. The van der Waals surface area contributed by atoms with Gasteiger partial charge in [0.2, 0.25) is 0 Å². The number of aliphatic hydroxyl groups excluding tert-OH is 1. The second kappa shape index (κ2) is 12.6. The monoisotopic (exact) mass is 695 g/mol. The molecule has 266 valence electrons. The molecule has 0 amide bonds. The maximum absolute atomic E-state index is 14.2. The molecule has 7 rings (SSSR count). The summed E-state index contributed by atoms with van der Waals surface area (Å²) in [6, 6.07) is 17.9. The molecule has 51 heavy (non-hydrogen) atoms. The molecule has 0 radical (unpaired) electrons. The van der Waals surface area contributed by atoms with E-state index in [0.29, 0.717) is 29.4 Å². The van der Waals surface area contributed by atoms with E-state index in [0.717, 1.165) is 5.39 Å². The van der Waals surface area contributed by atoms with Gasteiger partial charge in [0.15, 0.2) is 0 Å². The highest BCUT2D eigenvalue weighted by Gasteiger charge is 2.71. The van der Waals surface area contributed by atoms with Crippen LogP contribution in [0.1, 0.15) is 75.9 Å². The van der Waals surface area contributed by atoms with Crippen LogP contribution in [0.3, 0.4) is 0 Å². The van der Waals surface area contributed by atoms with Gasteiger partial charge in [-0.3, -0.25) is 14.6 Å². The number of rotatable bonds is 6. The highest BCUT2D eigenvalue weighted by molar-refractivity contribution is 6.04. The Morgan fingerprint density at radius 1 is 0.961 bits per heavy atom. The van der Waals surface area contributed by atoms with Gasteiger partial charge >= 0.3 is 23.5 Å². The number of aromatic nitrogens is 1. The van der Waals surface area contributed by atoms with Crippen LogP contribution in [0.25, 0.3) is 22.1 Å². The van der Waals surface area contributed by atoms with Gasteiger partial charge in [0.05, 0.1) is 11.7 Å². The summed E-state index contributed by atoms with van der Waals surface area (Å²) < 4.78 is 30.6. The van der Waals surface area contributed by atoms with Crippen LogP contribution in [0, 0.1) is 22.7 Å². The first-order valence-corrected chi connectivity index (χ1v) is 17.2. The van der Waals surface area contributed by atoms with Gasteiger partial charge in [-0.25, -0.2) is 9.59 Å². The Hall–Kier alpha value is -5.03. The van der Waals surface area contributed by atoms with Gasteiger partial charge in [0.25, 0.3) is 0 Å². The van der Waals surface area contributed by atoms with Crippen molar-refractivity contribution in [3.05, 3.63) is 94.6 Å². The predicted octanol–water partition coefficient (Wildman–Crippen LogP) is 6.20. The third kappa shape index (κ3) is 5.67. The molecule has 8 atom stereocenters. The van der Waals surface area contributed by atoms with Gasteiger partial charge in [0, 0.05) is 49.2 Å². The first-order valence-electron chi connectivity index (χ1n) is 17.2. The fraction of sp³-hybridized carbons (Fsp3) is 0.425. The molecule has 0 spiro atoms. The number of benzene rings is 2. The fourth-order valence-corrected chi connectivity index (χ4v) is 9.43. The molecule has 0 saturated heterocycles. The van der Waals surface area contributed by atoms with E-state index >= 15 is 0 Å². The number of esters is 3. The summed E-state index contributed by atoms with van der Waals surface area (Å²) in [4.78, 5) is 56.7. The molecule has 0 bridgehead atoms. The molecule has 2 aromatic carbocycles. The highest BCUT2D eigenvalue weighted by Crippen LogP contribution is 2.67. The predicted molar refractivity (Wildman–Crippen MR) is 185 cm³/mol. The zero-order chi connectivity index (χ0) is 36.3. The van der Waals surface area contributed by atoms with E-state index < -0.39 is 70.1 Å². The number of carbonyl (C=O) groups excluding carboxylic acids is 3. The average Bonchev–Trinajstić information content (AvgIpc) is 3.09. The Morgan fingerprint density at radius 3 is 2.45 bits per heavy atom. The number of nitrogens with zero attached hydrogens (tertiary/aromatic N) is 1. The normalized spacial score (nSPS) is 30.9. The lowest BCUT2D eigenvalue weighted by molar-refractivity contribution is -0.266. The van der Waals surface area contributed by atoms with Crippen molar-refractivity contribution in [3.63, 3.8) is 0 Å². The zero-order valence-electron chi connectivity index (χ0n) is 29.2. The van der Waals surface area contributed by atoms with E-state index in [-0.39, 0.29) is 30.1 Å². The molecule has 2 saturated carbocycles. The molecule has 11 nitrogen and oxygen atoms in total. The van der Waals surface area contributed by atoms with Crippen LogP contribution in [-0.2, 0) is 23.8 Å². The van der Waals surface area contributed by atoms with Gasteiger partial charge in [-0.1, -0.05) is 50.2 Å². The zero-order valence-corrected chi connectivity index (χ0v) is 29.2. The number of carbonyl (C=O) groups is 3. The van der Waals surface area contributed by atoms with Crippen LogP contribution in [0.4, 0.5) is 0 Å². The van der Waals surface area contributed by atoms with Gasteiger partial charge in [-0.2, -0.15) is 0 Å². The number of fused-ring (bicyclic) bond motifs is 5. The molecule has 4 aromatic rings. The van der Waals surface area contributed by atoms with Crippen molar-refractivity contribution >= 4 is 28.7 Å². The largest absolute Gasteiger partial charge is 0.482 e. The van der Waals surface area contributed by atoms with Crippen molar-refractivity contribution < 1.29 is 42.9 Å². The summed E-state index contributed by atoms with van der Waals surface area (Å²) in [7, 11) is 0. The van der Waals surface area contributed by atoms with Gasteiger partial charge < -0.3 is 28.5 Å². The van der Waals surface area contributed by atoms with Crippen molar-refractivity contribution in [1.82, 2.24) is 4.98 Å². The molecule has 11 heteroatoms. The summed E-state index contributed by atoms with van der Waals surface area (Å²) in [6.45, 7) is 8.29. The molecule has 3 aliphatic rings. The topological polar surface area (TPSA) is 151 Å². The van der Waals surface area contributed by atoms with Crippen LogP contribution >= 0.6 is 0 Å². The lowest BCUT2D eigenvalue weighted by Crippen LogP contribution is -2.71. The number of hydrogen-bond acceptors (Lipinski definition) is 11. The van der Waals surface area contributed by atoms with Crippen molar-refractivity contribution in [2.75, 3.05) is 6.61 Å². The molecule has 3 unspecified atom stereocenters. The molecular weight excluding hydrogens is 654 g/mol. The Labute approximate surface area is 294 Å². The smallest absolute Gasteiger partial charge is 0.345 e. The van der Waals surface area contributed by atoms with Crippen LogP contribution in [0.5, 0.6) is 5.75 Å². The Kier molecular flexibility index (Phi) is 8.52. The van der Waals surface area contributed by atoms with Crippen LogP contribution in [0.2, 0.25) is 0 Å². The van der Waals surface area contributed by atoms with Crippen molar-refractivity contribution in [2.24, 2.45) is 22.7 Å². The van der Waals surface area contributed by atoms with Gasteiger partial charge in [-0.15, -0.1) is 0 Å². The SMILES string of the molecule is CC(=O)OCC1(C)C2C[C@H](OC(=O)c3cccc4ccccc34)[C@@]3(C)Oc4cc(-c5cccnc5)oc(=O)c4[C@H](O)C3[C@@]2(C)CC[C@@H]1OC(C)=O. The minimum Gasteiger partial charge on any atom is -0.482 e. The van der Waals surface area contributed by atoms with E-state index in [1.807, 2.05) is 51.1 Å². The average molecular weight is 696 g/mol. The van der Waals surface area contributed by atoms with E-state index in [2.05, 4.69) is 4.98 Å². The van der Waals surface area contributed by atoms with Crippen molar-refractivity contribution in [3.8, 4) is 17.1 Å². The number of aliphatic hydroxyl groups is 1. The number of ether oxygens (including phenoxy) is 4. The Balaban J connectivity index is 1.38. The Morgan fingerprint density at radius 2 is 1.73 bits per heavy atom.